The van der Waals surface area contributed by atoms with Crippen molar-refractivity contribution in [2.24, 2.45) is 5.41 Å². The molecule has 0 amide bonds. The van der Waals surface area contributed by atoms with Gasteiger partial charge in [0.05, 0.1) is 7.11 Å². The average Bonchev–Trinajstić information content (AvgIpc) is 2.41. The summed E-state index contributed by atoms with van der Waals surface area (Å²) in [7, 11) is 1.56. The Morgan fingerprint density at radius 1 is 1.37 bits per heavy atom. The fourth-order valence-corrected chi connectivity index (χ4v) is 2.42. The molecule has 1 saturated heterocycles. The van der Waals surface area contributed by atoms with Crippen LogP contribution in [0.3, 0.4) is 0 Å². The highest BCUT2D eigenvalue weighted by Crippen LogP contribution is 2.31. The lowest BCUT2D eigenvalue weighted by Gasteiger charge is -2.33. The largest absolute Gasteiger partial charge is 0.504 e. The van der Waals surface area contributed by atoms with E-state index in [1.54, 1.807) is 13.2 Å². The Morgan fingerprint density at radius 3 is 2.79 bits per heavy atom. The van der Waals surface area contributed by atoms with E-state index in [9.17, 15) is 5.11 Å². The fourth-order valence-electron chi connectivity index (χ4n) is 2.42. The van der Waals surface area contributed by atoms with Crippen molar-refractivity contribution >= 4 is 0 Å². The van der Waals surface area contributed by atoms with Crippen molar-refractivity contribution in [2.45, 2.75) is 26.3 Å². The van der Waals surface area contributed by atoms with E-state index in [4.69, 9.17) is 9.47 Å². The van der Waals surface area contributed by atoms with Crippen molar-refractivity contribution in [1.82, 2.24) is 5.32 Å². The second-order valence-corrected chi connectivity index (χ2v) is 5.49. The summed E-state index contributed by atoms with van der Waals surface area (Å²) in [5.74, 6) is 0.756. The van der Waals surface area contributed by atoms with Crippen molar-refractivity contribution in [2.75, 3.05) is 26.9 Å². The third kappa shape index (κ3) is 3.61. The maximum Gasteiger partial charge on any atom is 0.162 e. The molecule has 1 aliphatic rings. The highest BCUT2D eigenvalue weighted by molar-refractivity contribution is 5.45. The van der Waals surface area contributed by atoms with Crippen molar-refractivity contribution < 1.29 is 14.6 Å². The summed E-state index contributed by atoms with van der Waals surface area (Å²) >= 11 is 0. The van der Waals surface area contributed by atoms with Gasteiger partial charge in [0.2, 0.25) is 0 Å². The lowest BCUT2D eigenvalue weighted by Crippen LogP contribution is -2.36. The highest BCUT2D eigenvalue weighted by atomic mass is 16.5. The summed E-state index contributed by atoms with van der Waals surface area (Å²) in [6.45, 7) is 5.58. The number of hydrogen-bond acceptors (Lipinski definition) is 4. The molecule has 106 valence electrons. The summed E-state index contributed by atoms with van der Waals surface area (Å²) in [6.07, 6.45) is 2.17. The van der Waals surface area contributed by atoms with Gasteiger partial charge in [-0.2, -0.15) is 0 Å². The standard InChI is InChI=1S/C15H23NO3/c1-15(6-8-19-9-7-15)11-16-10-12-4-3-5-13(18-2)14(12)17/h3-5,16-17H,6-11H2,1-2H3. The molecule has 0 saturated carbocycles. The summed E-state index contributed by atoms with van der Waals surface area (Å²) in [6, 6.07) is 5.57. The summed E-state index contributed by atoms with van der Waals surface area (Å²) in [5.41, 5.74) is 1.17. The van der Waals surface area contributed by atoms with E-state index in [1.807, 2.05) is 12.1 Å². The minimum Gasteiger partial charge on any atom is -0.504 e. The molecular weight excluding hydrogens is 242 g/mol. The Bertz CT molecular complexity index is 414. The monoisotopic (exact) mass is 265 g/mol. The van der Waals surface area contributed by atoms with E-state index in [0.29, 0.717) is 17.7 Å². The molecule has 0 radical (unpaired) electrons. The molecule has 0 unspecified atom stereocenters. The van der Waals surface area contributed by atoms with Gasteiger partial charge in [-0.3, -0.25) is 0 Å². The Labute approximate surface area is 114 Å². The van der Waals surface area contributed by atoms with Crippen LogP contribution in [0.15, 0.2) is 18.2 Å². The zero-order valence-corrected chi connectivity index (χ0v) is 11.7. The normalized spacial score (nSPS) is 18.2. The molecule has 1 fully saturated rings. The van der Waals surface area contributed by atoms with E-state index in [0.717, 1.165) is 38.2 Å². The Hall–Kier alpha value is -1.26. The molecule has 0 aromatic heterocycles. The number of aromatic hydroxyl groups is 1. The fraction of sp³-hybridized carbons (Fsp3) is 0.600. The Morgan fingerprint density at radius 2 is 2.11 bits per heavy atom. The number of hydrogen-bond donors (Lipinski definition) is 2. The van der Waals surface area contributed by atoms with Gasteiger partial charge >= 0.3 is 0 Å². The molecule has 2 N–H and O–H groups in total. The van der Waals surface area contributed by atoms with Crippen LogP contribution in [0.2, 0.25) is 0 Å². The molecule has 1 aromatic rings. The third-order valence-corrected chi connectivity index (χ3v) is 3.87. The number of methoxy groups -OCH3 is 1. The van der Waals surface area contributed by atoms with Gasteiger partial charge in [-0.15, -0.1) is 0 Å². The van der Waals surface area contributed by atoms with Crippen LogP contribution in [0.4, 0.5) is 0 Å². The number of rotatable bonds is 5. The quantitative estimate of drug-likeness (QED) is 0.858. The maximum absolute atomic E-state index is 10.0. The summed E-state index contributed by atoms with van der Waals surface area (Å²) in [5, 5.41) is 13.4. The van der Waals surface area contributed by atoms with Crippen molar-refractivity contribution in [1.29, 1.82) is 0 Å². The summed E-state index contributed by atoms with van der Waals surface area (Å²) in [4.78, 5) is 0. The first-order valence-corrected chi connectivity index (χ1v) is 6.78. The van der Waals surface area contributed by atoms with Gasteiger partial charge in [-0.1, -0.05) is 19.1 Å². The minimum atomic E-state index is 0.231. The van der Waals surface area contributed by atoms with E-state index in [-0.39, 0.29) is 5.75 Å². The van der Waals surface area contributed by atoms with E-state index >= 15 is 0 Å². The zero-order chi connectivity index (χ0) is 13.7. The number of phenolic OH excluding ortho intramolecular Hbond substituents is 1. The first-order chi connectivity index (χ1) is 9.14. The number of ether oxygens (including phenoxy) is 2. The first kappa shape index (κ1) is 14.2. The lowest BCUT2D eigenvalue weighted by atomic mass is 9.82. The molecule has 0 atom stereocenters. The van der Waals surface area contributed by atoms with Crippen LogP contribution < -0.4 is 10.1 Å². The van der Waals surface area contributed by atoms with Crippen LogP contribution in [0.1, 0.15) is 25.3 Å². The van der Waals surface area contributed by atoms with Crippen molar-refractivity contribution in [3.8, 4) is 11.5 Å². The van der Waals surface area contributed by atoms with E-state index < -0.39 is 0 Å². The average molecular weight is 265 g/mol. The smallest absolute Gasteiger partial charge is 0.162 e. The Balaban J connectivity index is 1.88. The molecule has 0 aliphatic carbocycles. The van der Waals surface area contributed by atoms with Gasteiger partial charge in [0, 0.05) is 31.9 Å². The predicted molar refractivity (Wildman–Crippen MR) is 74.5 cm³/mol. The SMILES string of the molecule is COc1cccc(CNCC2(C)CCOCC2)c1O. The van der Waals surface area contributed by atoms with Crippen molar-refractivity contribution in [3.63, 3.8) is 0 Å². The van der Waals surface area contributed by atoms with Crippen LogP contribution in [0, 0.1) is 5.41 Å². The molecule has 1 aliphatic heterocycles. The van der Waals surface area contributed by atoms with Crippen LogP contribution in [-0.2, 0) is 11.3 Å². The second-order valence-electron chi connectivity index (χ2n) is 5.49. The molecule has 19 heavy (non-hydrogen) atoms. The van der Waals surface area contributed by atoms with Crippen LogP contribution in [0.5, 0.6) is 11.5 Å². The summed E-state index contributed by atoms with van der Waals surface area (Å²) < 4.78 is 10.5. The molecule has 2 rings (SSSR count). The Kier molecular flexibility index (Phi) is 4.66. The van der Waals surface area contributed by atoms with Gasteiger partial charge in [-0.05, 0) is 24.3 Å². The van der Waals surface area contributed by atoms with Crippen LogP contribution >= 0.6 is 0 Å². The van der Waals surface area contributed by atoms with Gasteiger partial charge in [0.1, 0.15) is 0 Å². The van der Waals surface area contributed by atoms with E-state index in [1.165, 1.54) is 0 Å². The second kappa shape index (κ2) is 6.26. The van der Waals surface area contributed by atoms with Crippen LogP contribution in [0.25, 0.3) is 0 Å². The predicted octanol–water partition coefficient (Wildman–Crippen LogP) is 2.31. The minimum absolute atomic E-state index is 0.231. The van der Waals surface area contributed by atoms with Crippen molar-refractivity contribution in [3.05, 3.63) is 23.8 Å². The van der Waals surface area contributed by atoms with Gasteiger partial charge in [0.25, 0.3) is 0 Å². The molecule has 1 heterocycles. The van der Waals surface area contributed by atoms with Crippen LogP contribution in [-0.4, -0.2) is 32.0 Å². The number of phenols is 1. The lowest BCUT2D eigenvalue weighted by molar-refractivity contribution is 0.0240. The number of benzene rings is 1. The maximum atomic E-state index is 10.0. The third-order valence-electron chi connectivity index (χ3n) is 3.87. The number of nitrogens with one attached hydrogen (secondary N) is 1. The molecular formula is C15H23NO3. The molecule has 0 spiro atoms. The van der Waals surface area contributed by atoms with Gasteiger partial charge in [0.15, 0.2) is 11.5 Å². The van der Waals surface area contributed by atoms with E-state index in [2.05, 4.69) is 12.2 Å². The molecule has 4 nitrogen and oxygen atoms in total. The van der Waals surface area contributed by atoms with Gasteiger partial charge in [-0.25, -0.2) is 0 Å². The first-order valence-electron chi connectivity index (χ1n) is 6.78. The highest BCUT2D eigenvalue weighted by Gasteiger charge is 2.26. The molecule has 0 bridgehead atoms. The zero-order valence-electron chi connectivity index (χ0n) is 11.7. The topological polar surface area (TPSA) is 50.7 Å². The molecule has 4 heteroatoms. The van der Waals surface area contributed by atoms with Gasteiger partial charge < -0.3 is 19.9 Å². The number of para-hydroxylation sites is 1. The molecule has 1 aromatic carbocycles.